The molecule has 0 saturated heterocycles. The number of sulfonamides is 1. The SMILES string of the molecule is N#Cc1ccc(S(=O)(=O)NC(=O)COC2CCCCC2)cc1C(F)(F)F. The van der Waals surface area contributed by atoms with Gasteiger partial charge in [0.1, 0.15) is 6.61 Å². The third-order valence-corrected chi connectivity index (χ3v) is 5.35. The first kappa shape index (κ1) is 20.2. The zero-order valence-corrected chi connectivity index (χ0v) is 14.5. The van der Waals surface area contributed by atoms with Gasteiger partial charge in [-0.3, -0.25) is 4.79 Å². The molecule has 0 atom stereocenters. The van der Waals surface area contributed by atoms with Crippen molar-refractivity contribution in [3.05, 3.63) is 29.3 Å². The fourth-order valence-electron chi connectivity index (χ4n) is 2.69. The summed E-state index contributed by atoms with van der Waals surface area (Å²) in [5.41, 5.74) is -2.09. The number of nitriles is 1. The Morgan fingerprint density at radius 1 is 1.27 bits per heavy atom. The molecular weight excluding hydrogens is 373 g/mol. The number of hydrogen-bond acceptors (Lipinski definition) is 5. The van der Waals surface area contributed by atoms with E-state index in [1.54, 1.807) is 4.72 Å². The lowest BCUT2D eigenvalue weighted by Gasteiger charge is -2.21. The molecule has 6 nitrogen and oxygen atoms in total. The quantitative estimate of drug-likeness (QED) is 0.834. The van der Waals surface area contributed by atoms with Gasteiger partial charge in [-0.25, -0.2) is 13.1 Å². The highest BCUT2D eigenvalue weighted by Gasteiger charge is 2.35. The zero-order valence-electron chi connectivity index (χ0n) is 13.7. The van der Waals surface area contributed by atoms with Gasteiger partial charge in [-0.05, 0) is 31.0 Å². The van der Waals surface area contributed by atoms with Crippen molar-refractivity contribution >= 4 is 15.9 Å². The van der Waals surface area contributed by atoms with E-state index in [0.717, 1.165) is 44.2 Å². The van der Waals surface area contributed by atoms with Crippen molar-refractivity contribution in [1.29, 1.82) is 5.26 Å². The largest absolute Gasteiger partial charge is 0.417 e. The minimum Gasteiger partial charge on any atom is -0.368 e. The maximum atomic E-state index is 12.9. The molecule has 1 aromatic carbocycles. The molecule has 1 aliphatic rings. The number of nitrogens with one attached hydrogen (secondary N) is 1. The molecule has 2 rings (SSSR count). The van der Waals surface area contributed by atoms with E-state index in [1.165, 1.54) is 6.07 Å². The monoisotopic (exact) mass is 390 g/mol. The van der Waals surface area contributed by atoms with Crippen LogP contribution >= 0.6 is 0 Å². The van der Waals surface area contributed by atoms with Crippen LogP contribution in [0.15, 0.2) is 23.1 Å². The van der Waals surface area contributed by atoms with Crippen molar-refractivity contribution in [3.8, 4) is 6.07 Å². The molecule has 0 bridgehead atoms. The molecule has 1 fully saturated rings. The molecule has 0 radical (unpaired) electrons. The summed E-state index contributed by atoms with van der Waals surface area (Å²) < 4.78 is 70.1. The third kappa shape index (κ3) is 5.19. The van der Waals surface area contributed by atoms with Crippen molar-refractivity contribution in [3.63, 3.8) is 0 Å². The Morgan fingerprint density at radius 2 is 1.92 bits per heavy atom. The molecule has 0 spiro atoms. The average Bonchev–Trinajstić information content (AvgIpc) is 2.59. The second kappa shape index (κ2) is 8.05. The summed E-state index contributed by atoms with van der Waals surface area (Å²) in [5, 5.41) is 8.73. The van der Waals surface area contributed by atoms with E-state index in [9.17, 15) is 26.4 Å². The van der Waals surface area contributed by atoms with Crippen molar-refractivity contribution in [1.82, 2.24) is 4.72 Å². The summed E-state index contributed by atoms with van der Waals surface area (Å²) in [6, 6.07) is 3.27. The van der Waals surface area contributed by atoms with Gasteiger partial charge in [0.2, 0.25) is 0 Å². The van der Waals surface area contributed by atoms with Gasteiger partial charge in [-0.2, -0.15) is 18.4 Å². The summed E-state index contributed by atoms with van der Waals surface area (Å²) in [7, 11) is -4.51. The second-order valence-corrected chi connectivity index (χ2v) is 7.60. The summed E-state index contributed by atoms with van der Waals surface area (Å²) in [5.74, 6) is -0.964. The van der Waals surface area contributed by atoms with Crippen LogP contribution in [-0.2, 0) is 25.7 Å². The number of carbonyl (C=O) groups is 1. The first-order valence-electron chi connectivity index (χ1n) is 7.92. The first-order valence-corrected chi connectivity index (χ1v) is 9.40. The van der Waals surface area contributed by atoms with Crippen LogP contribution in [0.4, 0.5) is 13.2 Å². The summed E-state index contributed by atoms with van der Waals surface area (Å²) >= 11 is 0. The number of benzene rings is 1. The van der Waals surface area contributed by atoms with E-state index in [-0.39, 0.29) is 6.10 Å². The Balaban J connectivity index is 2.09. The van der Waals surface area contributed by atoms with Crippen molar-refractivity contribution < 1.29 is 31.1 Å². The molecule has 1 saturated carbocycles. The fourth-order valence-corrected chi connectivity index (χ4v) is 3.68. The van der Waals surface area contributed by atoms with Gasteiger partial charge < -0.3 is 4.74 Å². The predicted molar refractivity (Wildman–Crippen MR) is 84.3 cm³/mol. The van der Waals surface area contributed by atoms with E-state index >= 15 is 0 Å². The van der Waals surface area contributed by atoms with E-state index in [0.29, 0.717) is 6.07 Å². The second-order valence-electron chi connectivity index (χ2n) is 5.92. The van der Waals surface area contributed by atoms with Gasteiger partial charge >= 0.3 is 6.18 Å². The van der Waals surface area contributed by atoms with Crippen molar-refractivity contribution in [2.75, 3.05) is 6.61 Å². The number of carbonyl (C=O) groups excluding carboxylic acids is 1. The van der Waals surface area contributed by atoms with Gasteiger partial charge in [-0.15, -0.1) is 0 Å². The Kier molecular flexibility index (Phi) is 6.26. The number of hydrogen-bond donors (Lipinski definition) is 1. The van der Waals surface area contributed by atoms with Crippen LogP contribution < -0.4 is 4.72 Å². The Morgan fingerprint density at radius 3 is 2.50 bits per heavy atom. The molecule has 1 aliphatic carbocycles. The van der Waals surface area contributed by atoms with Crippen LogP contribution in [0.3, 0.4) is 0 Å². The average molecular weight is 390 g/mol. The molecule has 142 valence electrons. The van der Waals surface area contributed by atoms with Gasteiger partial charge in [-0.1, -0.05) is 19.3 Å². The minimum atomic E-state index is -4.90. The Labute approximate surface area is 149 Å². The topological polar surface area (TPSA) is 96.3 Å². The van der Waals surface area contributed by atoms with Crippen molar-refractivity contribution in [2.24, 2.45) is 0 Å². The minimum absolute atomic E-state index is 0.121. The number of amides is 1. The molecule has 0 aromatic heterocycles. The van der Waals surface area contributed by atoms with Crippen LogP contribution in [0, 0.1) is 11.3 Å². The fraction of sp³-hybridized carbons (Fsp3) is 0.500. The lowest BCUT2D eigenvalue weighted by atomic mass is 9.98. The highest BCUT2D eigenvalue weighted by Crippen LogP contribution is 2.33. The van der Waals surface area contributed by atoms with Crippen LogP contribution in [-0.4, -0.2) is 27.0 Å². The van der Waals surface area contributed by atoms with Crippen LogP contribution in [0.1, 0.15) is 43.2 Å². The summed E-state index contributed by atoms with van der Waals surface area (Å²) in [6.45, 7) is -0.494. The number of ether oxygens (including phenoxy) is 1. The highest BCUT2D eigenvalue weighted by atomic mass is 32.2. The first-order chi connectivity index (χ1) is 12.1. The predicted octanol–water partition coefficient (Wildman–Crippen LogP) is 2.73. The van der Waals surface area contributed by atoms with E-state index in [1.807, 2.05) is 0 Å². The standard InChI is InChI=1S/C16H17F3N2O4S/c17-16(18,19)14-8-13(7-6-11(14)9-20)26(23,24)21-15(22)10-25-12-4-2-1-3-5-12/h6-8,12H,1-5,10H2,(H,21,22). The van der Waals surface area contributed by atoms with E-state index in [2.05, 4.69) is 0 Å². The molecule has 1 N–H and O–H groups in total. The number of rotatable bonds is 5. The number of nitrogens with zero attached hydrogens (tertiary/aromatic N) is 1. The summed E-state index contributed by atoms with van der Waals surface area (Å²) in [6.07, 6.45) is -0.434. The molecule has 0 unspecified atom stereocenters. The smallest absolute Gasteiger partial charge is 0.368 e. The number of halogens is 3. The zero-order chi connectivity index (χ0) is 19.4. The lowest BCUT2D eigenvalue weighted by Crippen LogP contribution is -2.35. The van der Waals surface area contributed by atoms with Crippen LogP contribution in [0.2, 0.25) is 0 Å². The van der Waals surface area contributed by atoms with Gasteiger partial charge in [0.15, 0.2) is 0 Å². The summed E-state index contributed by atoms with van der Waals surface area (Å²) in [4.78, 5) is 11.0. The third-order valence-electron chi connectivity index (χ3n) is 3.98. The number of alkyl halides is 3. The van der Waals surface area contributed by atoms with Crippen LogP contribution in [0.5, 0.6) is 0 Å². The molecule has 1 amide bonds. The van der Waals surface area contributed by atoms with Gasteiger partial charge in [0, 0.05) is 0 Å². The molecular formula is C16H17F3N2O4S. The molecule has 0 aliphatic heterocycles. The molecule has 26 heavy (non-hydrogen) atoms. The Bertz CT molecular complexity index is 810. The molecule has 1 aromatic rings. The normalized spacial score (nSPS) is 16.1. The molecule has 10 heteroatoms. The van der Waals surface area contributed by atoms with E-state index in [4.69, 9.17) is 10.00 Å². The van der Waals surface area contributed by atoms with Crippen LogP contribution in [0.25, 0.3) is 0 Å². The highest BCUT2D eigenvalue weighted by molar-refractivity contribution is 7.90. The Hall–Kier alpha value is -2.12. The van der Waals surface area contributed by atoms with Gasteiger partial charge in [0.25, 0.3) is 15.9 Å². The molecule has 0 heterocycles. The lowest BCUT2D eigenvalue weighted by molar-refractivity contribution is -0.138. The maximum Gasteiger partial charge on any atom is 0.417 e. The van der Waals surface area contributed by atoms with E-state index < -0.39 is 44.7 Å². The maximum absolute atomic E-state index is 12.9. The van der Waals surface area contributed by atoms with Crippen molar-refractivity contribution in [2.45, 2.75) is 49.3 Å². The van der Waals surface area contributed by atoms with Gasteiger partial charge in [0.05, 0.1) is 28.2 Å².